The van der Waals surface area contributed by atoms with Crippen LogP contribution in [-0.4, -0.2) is 51.1 Å². The first-order valence-electron chi connectivity index (χ1n) is 12.9. The Hall–Kier alpha value is -2.97. The minimum Gasteiger partial charge on any atom is -0.381 e. The van der Waals surface area contributed by atoms with Gasteiger partial charge in [0.2, 0.25) is 5.78 Å². The normalized spacial score (nSPS) is 18.0. The number of nitrogens with zero attached hydrogens (tertiary/aromatic N) is 4. The molecule has 1 unspecified atom stereocenters. The number of benzene rings is 1. The number of hydrogen-bond donors (Lipinski definition) is 1. The van der Waals surface area contributed by atoms with Gasteiger partial charge in [0.05, 0.1) is 31.0 Å². The molecule has 4 heterocycles. The number of aryl methyl sites for hydroxylation is 1. The van der Waals surface area contributed by atoms with Crippen LogP contribution < -0.4 is 5.32 Å². The minimum absolute atomic E-state index is 0.0254. The summed E-state index contributed by atoms with van der Waals surface area (Å²) in [5.41, 5.74) is 6.17. The molecule has 1 fully saturated rings. The fourth-order valence-corrected chi connectivity index (χ4v) is 5.60. The summed E-state index contributed by atoms with van der Waals surface area (Å²) in [4.78, 5) is 25.4. The van der Waals surface area contributed by atoms with Crippen LogP contribution in [0.3, 0.4) is 0 Å². The highest BCUT2D eigenvalue weighted by Crippen LogP contribution is 2.36. The fraction of sp³-hybridized carbons (Fsp3) is 0.536. The van der Waals surface area contributed by atoms with Crippen molar-refractivity contribution in [1.82, 2.24) is 19.3 Å². The van der Waals surface area contributed by atoms with Crippen LogP contribution in [0.15, 0.2) is 24.4 Å². The molecule has 2 aromatic heterocycles. The Labute approximate surface area is 213 Å². The molecule has 192 valence electrons. The molecule has 8 nitrogen and oxygen atoms in total. The van der Waals surface area contributed by atoms with Crippen LogP contribution in [0.4, 0.5) is 5.82 Å². The number of carbonyl (C=O) groups is 1. The lowest BCUT2D eigenvalue weighted by molar-refractivity contribution is -0.167. The molecule has 8 heteroatoms. The van der Waals surface area contributed by atoms with Crippen LogP contribution in [0, 0.1) is 13.8 Å². The lowest BCUT2D eigenvalue weighted by atomic mass is 9.92. The lowest BCUT2D eigenvalue weighted by Crippen LogP contribution is -2.51. The van der Waals surface area contributed by atoms with E-state index in [-0.39, 0.29) is 17.9 Å². The predicted molar refractivity (Wildman–Crippen MR) is 139 cm³/mol. The Morgan fingerprint density at radius 1 is 1.17 bits per heavy atom. The smallest absolute Gasteiger partial charge is 0.255 e. The summed E-state index contributed by atoms with van der Waals surface area (Å²) >= 11 is 0. The van der Waals surface area contributed by atoms with Crippen molar-refractivity contribution in [3.8, 4) is 0 Å². The van der Waals surface area contributed by atoms with E-state index in [9.17, 15) is 4.79 Å². The van der Waals surface area contributed by atoms with Gasteiger partial charge in [-0.15, -0.1) is 0 Å². The van der Waals surface area contributed by atoms with Crippen LogP contribution >= 0.6 is 0 Å². The number of anilines is 1. The van der Waals surface area contributed by atoms with Crippen molar-refractivity contribution in [1.29, 1.82) is 0 Å². The third-order valence-electron chi connectivity index (χ3n) is 8.00. The number of amides is 1. The van der Waals surface area contributed by atoms with Crippen LogP contribution in [0.1, 0.15) is 79.2 Å². The van der Waals surface area contributed by atoms with Gasteiger partial charge in [0.25, 0.3) is 5.91 Å². The summed E-state index contributed by atoms with van der Waals surface area (Å²) in [6, 6.07) is 6.44. The number of imidazole rings is 1. The zero-order valence-electron chi connectivity index (χ0n) is 22.2. The van der Waals surface area contributed by atoms with Crippen LogP contribution in [0.2, 0.25) is 0 Å². The Morgan fingerprint density at radius 2 is 1.92 bits per heavy atom. The summed E-state index contributed by atoms with van der Waals surface area (Å²) in [5.74, 6) is 1.76. The van der Waals surface area contributed by atoms with Crippen molar-refractivity contribution in [3.05, 3.63) is 58.0 Å². The van der Waals surface area contributed by atoms with Gasteiger partial charge in [-0.2, -0.15) is 4.98 Å². The molecule has 0 aliphatic carbocycles. The average Bonchev–Trinajstić information content (AvgIpc) is 3.50. The van der Waals surface area contributed by atoms with Crippen molar-refractivity contribution < 1.29 is 14.3 Å². The lowest BCUT2D eigenvalue weighted by Gasteiger charge is -2.37. The molecule has 3 aromatic rings. The van der Waals surface area contributed by atoms with Gasteiger partial charge in [-0.25, -0.2) is 4.98 Å². The van der Waals surface area contributed by atoms with E-state index < -0.39 is 5.60 Å². The monoisotopic (exact) mass is 491 g/mol. The summed E-state index contributed by atoms with van der Waals surface area (Å²) in [7, 11) is 1.64. The largest absolute Gasteiger partial charge is 0.381 e. The van der Waals surface area contributed by atoms with Gasteiger partial charge in [-0.1, -0.05) is 32.0 Å². The topological polar surface area (TPSA) is 81.0 Å². The standard InChI is InChI=1S/C28H37N5O3/c1-17(2)23-14-29-27-31-25(30-20(5)21-9-7-8-18(3)19(21)4)22-15-32(16-24(22)33(23)27)26(34)28(35-6)10-12-36-13-11-28/h7-9,14,17,20H,10-13,15-16H2,1-6H3,(H,29,30,31). The third kappa shape index (κ3) is 4.06. The number of aromatic nitrogens is 3. The first kappa shape index (κ1) is 24.7. The highest BCUT2D eigenvalue weighted by Gasteiger charge is 2.45. The van der Waals surface area contributed by atoms with Crippen molar-refractivity contribution in [2.45, 2.75) is 78.1 Å². The molecule has 0 radical (unpaired) electrons. The number of hydrogen-bond acceptors (Lipinski definition) is 6. The Balaban J connectivity index is 1.55. The van der Waals surface area contributed by atoms with E-state index in [2.05, 4.69) is 67.5 Å². The summed E-state index contributed by atoms with van der Waals surface area (Å²) in [5, 5.41) is 3.67. The first-order chi connectivity index (χ1) is 17.3. The zero-order valence-corrected chi connectivity index (χ0v) is 22.2. The van der Waals surface area contributed by atoms with E-state index in [0.717, 1.165) is 22.8 Å². The van der Waals surface area contributed by atoms with Crippen LogP contribution in [0.25, 0.3) is 5.78 Å². The molecule has 1 aromatic carbocycles. The molecule has 36 heavy (non-hydrogen) atoms. The van der Waals surface area contributed by atoms with Crippen molar-refractivity contribution in [2.75, 3.05) is 25.6 Å². The Bertz CT molecular complexity index is 1290. The first-order valence-corrected chi connectivity index (χ1v) is 12.9. The molecule has 2 aliphatic rings. The second kappa shape index (κ2) is 9.48. The van der Waals surface area contributed by atoms with E-state index in [1.54, 1.807) is 7.11 Å². The van der Waals surface area contributed by atoms with E-state index in [1.165, 1.54) is 16.7 Å². The molecule has 0 saturated carbocycles. The van der Waals surface area contributed by atoms with E-state index in [4.69, 9.17) is 14.5 Å². The Morgan fingerprint density at radius 3 is 2.61 bits per heavy atom. The van der Waals surface area contributed by atoms with E-state index in [1.807, 2.05) is 11.1 Å². The second-order valence-electron chi connectivity index (χ2n) is 10.5. The van der Waals surface area contributed by atoms with Gasteiger partial charge in [0.15, 0.2) is 5.60 Å². The third-order valence-corrected chi connectivity index (χ3v) is 8.00. The van der Waals surface area contributed by atoms with Gasteiger partial charge in [0.1, 0.15) is 5.82 Å². The highest BCUT2D eigenvalue weighted by molar-refractivity contribution is 5.86. The average molecular weight is 492 g/mol. The Kier molecular flexibility index (Phi) is 6.51. The molecule has 1 saturated heterocycles. The molecule has 5 rings (SSSR count). The molecule has 0 spiro atoms. The molecular weight excluding hydrogens is 454 g/mol. The maximum Gasteiger partial charge on any atom is 0.255 e. The van der Waals surface area contributed by atoms with E-state index >= 15 is 0 Å². The van der Waals surface area contributed by atoms with Crippen LogP contribution in [0.5, 0.6) is 0 Å². The van der Waals surface area contributed by atoms with E-state index in [0.29, 0.717) is 44.9 Å². The number of rotatable bonds is 6. The number of fused-ring (bicyclic) bond motifs is 3. The number of nitrogens with one attached hydrogen (secondary N) is 1. The number of carbonyl (C=O) groups excluding carboxylic acids is 1. The van der Waals surface area contributed by atoms with Gasteiger partial charge < -0.3 is 19.7 Å². The molecular formula is C28H37N5O3. The van der Waals surface area contributed by atoms with Crippen molar-refractivity contribution >= 4 is 17.5 Å². The molecule has 1 N–H and O–H groups in total. The molecule has 0 bridgehead atoms. The summed E-state index contributed by atoms with van der Waals surface area (Å²) in [6.45, 7) is 12.8. The van der Waals surface area contributed by atoms with Gasteiger partial charge in [0, 0.05) is 44.4 Å². The maximum absolute atomic E-state index is 13.8. The van der Waals surface area contributed by atoms with Crippen molar-refractivity contribution in [2.24, 2.45) is 0 Å². The fourth-order valence-electron chi connectivity index (χ4n) is 5.60. The number of methoxy groups -OCH3 is 1. The maximum atomic E-state index is 13.8. The van der Waals surface area contributed by atoms with Gasteiger partial charge >= 0.3 is 0 Å². The van der Waals surface area contributed by atoms with Crippen LogP contribution in [-0.2, 0) is 27.4 Å². The molecule has 1 atom stereocenters. The predicted octanol–water partition coefficient (Wildman–Crippen LogP) is 4.68. The quantitative estimate of drug-likeness (QED) is 0.539. The highest BCUT2D eigenvalue weighted by atomic mass is 16.5. The molecule has 1 amide bonds. The zero-order chi connectivity index (χ0) is 25.6. The van der Waals surface area contributed by atoms with Crippen molar-refractivity contribution in [3.63, 3.8) is 0 Å². The summed E-state index contributed by atoms with van der Waals surface area (Å²) < 4.78 is 13.5. The van der Waals surface area contributed by atoms with Gasteiger partial charge in [-0.3, -0.25) is 9.20 Å². The molecule has 2 aliphatic heterocycles. The SMILES string of the molecule is COC1(C(=O)N2Cc3c(NC(C)c4cccc(C)c4C)nc4ncc(C(C)C)n4c3C2)CCOCC1. The second-order valence-corrected chi connectivity index (χ2v) is 10.5. The van der Waals surface area contributed by atoms with Gasteiger partial charge in [-0.05, 0) is 43.4 Å². The summed E-state index contributed by atoms with van der Waals surface area (Å²) in [6.07, 6.45) is 3.05. The number of ether oxygens (including phenoxy) is 2. The minimum atomic E-state index is -0.831.